The van der Waals surface area contributed by atoms with Crippen LogP contribution < -0.4 is 9.80 Å². The van der Waals surface area contributed by atoms with Crippen molar-refractivity contribution >= 4 is 33.4 Å². The standard InChI is InChI=1S/C19H30N6O2S/c1-2-22-11-13-23(14-12-22)17(27)15-6-9-24(10-7-15)18-20-21-19(28-18)25-8-4-3-5-16(25)26/h15H,2-14H2,1H3. The molecule has 0 spiro atoms. The minimum atomic E-state index is 0.125. The van der Waals surface area contributed by atoms with Gasteiger partial charge in [0.05, 0.1) is 0 Å². The number of rotatable bonds is 4. The molecule has 9 heteroatoms. The molecule has 0 unspecified atom stereocenters. The summed E-state index contributed by atoms with van der Waals surface area (Å²) in [4.78, 5) is 33.4. The first kappa shape index (κ1) is 19.6. The van der Waals surface area contributed by atoms with Gasteiger partial charge in [0.1, 0.15) is 0 Å². The number of amides is 2. The number of anilines is 2. The van der Waals surface area contributed by atoms with Gasteiger partial charge in [-0.15, -0.1) is 10.2 Å². The first-order chi connectivity index (χ1) is 13.7. The minimum absolute atomic E-state index is 0.125. The highest BCUT2D eigenvalue weighted by molar-refractivity contribution is 7.19. The third-order valence-corrected chi connectivity index (χ3v) is 7.21. The molecule has 3 aliphatic rings. The molecule has 0 atom stereocenters. The zero-order valence-electron chi connectivity index (χ0n) is 16.7. The van der Waals surface area contributed by atoms with E-state index in [0.29, 0.717) is 17.5 Å². The molecule has 0 bridgehead atoms. The van der Waals surface area contributed by atoms with E-state index in [2.05, 4.69) is 31.8 Å². The van der Waals surface area contributed by atoms with Crippen LogP contribution in [-0.4, -0.2) is 84.2 Å². The van der Waals surface area contributed by atoms with Crippen molar-refractivity contribution in [3.63, 3.8) is 0 Å². The number of carbonyl (C=O) groups excluding carboxylic acids is 2. The maximum Gasteiger partial charge on any atom is 0.228 e. The molecule has 4 heterocycles. The van der Waals surface area contributed by atoms with E-state index >= 15 is 0 Å². The Morgan fingerprint density at radius 3 is 2.39 bits per heavy atom. The average molecular weight is 407 g/mol. The molecule has 28 heavy (non-hydrogen) atoms. The van der Waals surface area contributed by atoms with Crippen molar-refractivity contribution < 1.29 is 9.59 Å². The fourth-order valence-corrected chi connectivity index (χ4v) is 5.25. The fraction of sp³-hybridized carbons (Fsp3) is 0.789. The van der Waals surface area contributed by atoms with Gasteiger partial charge in [0.15, 0.2) is 0 Å². The van der Waals surface area contributed by atoms with E-state index in [-0.39, 0.29) is 11.8 Å². The fourth-order valence-electron chi connectivity index (χ4n) is 4.31. The van der Waals surface area contributed by atoms with E-state index in [0.717, 1.165) is 83.2 Å². The third kappa shape index (κ3) is 4.15. The summed E-state index contributed by atoms with van der Waals surface area (Å²) < 4.78 is 0. The highest BCUT2D eigenvalue weighted by Crippen LogP contribution is 2.32. The maximum atomic E-state index is 12.9. The van der Waals surface area contributed by atoms with Crippen molar-refractivity contribution in [1.29, 1.82) is 0 Å². The van der Waals surface area contributed by atoms with Crippen molar-refractivity contribution in [1.82, 2.24) is 20.0 Å². The van der Waals surface area contributed by atoms with Crippen molar-refractivity contribution in [2.45, 2.75) is 39.0 Å². The molecule has 0 aliphatic carbocycles. The molecule has 3 fully saturated rings. The van der Waals surface area contributed by atoms with E-state index in [1.165, 1.54) is 11.3 Å². The van der Waals surface area contributed by atoms with Crippen LogP contribution in [0.15, 0.2) is 0 Å². The topological polar surface area (TPSA) is 72.9 Å². The molecule has 8 nitrogen and oxygen atoms in total. The van der Waals surface area contributed by atoms with Crippen LogP contribution in [0.3, 0.4) is 0 Å². The minimum Gasteiger partial charge on any atom is -0.347 e. The molecular weight excluding hydrogens is 376 g/mol. The van der Waals surface area contributed by atoms with Crippen LogP contribution in [0.5, 0.6) is 0 Å². The van der Waals surface area contributed by atoms with Gasteiger partial charge in [-0.2, -0.15) is 0 Å². The lowest BCUT2D eigenvalue weighted by Gasteiger charge is -2.38. The number of piperidine rings is 2. The predicted molar refractivity (Wildman–Crippen MR) is 110 cm³/mol. The Labute approximate surface area is 170 Å². The summed E-state index contributed by atoms with van der Waals surface area (Å²) >= 11 is 1.50. The van der Waals surface area contributed by atoms with Gasteiger partial charge in [0, 0.05) is 58.2 Å². The van der Waals surface area contributed by atoms with E-state index in [9.17, 15) is 9.59 Å². The number of aromatic nitrogens is 2. The second-order valence-corrected chi connectivity index (χ2v) is 8.82. The number of likely N-dealkylation sites (N-methyl/N-ethyl adjacent to an activating group) is 1. The Bertz CT molecular complexity index is 694. The van der Waals surface area contributed by atoms with Crippen LogP contribution in [0.2, 0.25) is 0 Å². The Morgan fingerprint density at radius 1 is 1.00 bits per heavy atom. The van der Waals surface area contributed by atoms with E-state index in [1.807, 2.05) is 0 Å². The highest BCUT2D eigenvalue weighted by Gasteiger charge is 2.31. The van der Waals surface area contributed by atoms with E-state index in [1.54, 1.807) is 4.90 Å². The first-order valence-corrected chi connectivity index (χ1v) is 11.4. The number of piperazine rings is 1. The summed E-state index contributed by atoms with van der Waals surface area (Å²) in [6.07, 6.45) is 4.33. The lowest BCUT2D eigenvalue weighted by atomic mass is 9.95. The Balaban J connectivity index is 1.30. The van der Waals surface area contributed by atoms with Gasteiger partial charge in [-0.25, -0.2) is 0 Å². The second kappa shape index (κ2) is 8.73. The molecule has 0 saturated carbocycles. The molecule has 0 aromatic carbocycles. The lowest BCUT2D eigenvalue weighted by Crippen LogP contribution is -2.51. The first-order valence-electron chi connectivity index (χ1n) is 10.6. The Morgan fingerprint density at radius 2 is 1.71 bits per heavy atom. The van der Waals surface area contributed by atoms with Gasteiger partial charge < -0.3 is 14.7 Å². The summed E-state index contributed by atoms with van der Waals surface area (Å²) in [6, 6.07) is 0. The maximum absolute atomic E-state index is 12.9. The van der Waals surface area contributed by atoms with E-state index < -0.39 is 0 Å². The van der Waals surface area contributed by atoms with Gasteiger partial charge in [0.25, 0.3) is 0 Å². The van der Waals surface area contributed by atoms with Crippen LogP contribution in [-0.2, 0) is 9.59 Å². The summed E-state index contributed by atoms with van der Waals surface area (Å²) in [5.41, 5.74) is 0. The summed E-state index contributed by atoms with van der Waals surface area (Å²) in [7, 11) is 0. The lowest BCUT2D eigenvalue weighted by molar-refractivity contribution is -0.138. The zero-order valence-corrected chi connectivity index (χ0v) is 17.5. The molecule has 1 aromatic heterocycles. The van der Waals surface area contributed by atoms with Crippen LogP contribution in [0.4, 0.5) is 10.3 Å². The van der Waals surface area contributed by atoms with Gasteiger partial charge in [-0.05, 0) is 32.2 Å². The molecule has 154 valence electrons. The number of hydrogen-bond acceptors (Lipinski definition) is 7. The summed E-state index contributed by atoms with van der Waals surface area (Å²) in [6.45, 7) is 9.33. The van der Waals surface area contributed by atoms with Gasteiger partial charge in [0.2, 0.25) is 22.1 Å². The zero-order chi connectivity index (χ0) is 19.5. The monoisotopic (exact) mass is 406 g/mol. The van der Waals surface area contributed by atoms with Crippen LogP contribution in [0.25, 0.3) is 0 Å². The molecule has 3 saturated heterocycles. The highest BCUT2D eigenvalue weighted by atomic mass is 32.1. The smallest absolute Gasteiger partial charge is 0.228 e. The Hall–Kier alpha value is -1.74. The summed E-state index contributed by atoms with van der Waals surface area (Å²) in [5.74, 6) is 0.606. The molecule has 2 amide bonds. The van der Waals surface area contributed by atoms with Crippen LogP contribution in [0.1, 0.15) is 39.0 Å². The molecule has 3 aliphatic heterocycles. The van der Waals surface area contributed by atoms with Crippen molar-refractivity contribution in [2.24, 2.45) is 5.92 Å². The van der Waals surface area contributed by atoms with Gasteiger partial charge in [-0.3, -0.25) is 14.5 Å². The normalized spacial score (nSPS) is 22.8. The quantitative estimate of drug-likeness (QED) is 0.753. The Kier molecular flexibility index (Phi) is 6.10. The molecule has 1 aromatic rings. The van der Waals surface area contributed by atoms with Crippen molar-refractivity contribution in [3.05, 3.63) is 0 Å². The summed E-state index contributed by atoms with van der Waals surface area (Å²) in [5, 5.41) is 10.2. The number of carbonyl (C=O) groups is 2. The largest absolute Gasteiger partial charge is 0.347 e. The molecule has 0 N–H and O–H groups in total. The van der Waals surface area contributed by atoms with Gasteiger partial charge >= 0.3 is 0 Å². The number of hydrogen-bond donors (Lipinski definition) is 0. The van der Waals surface area contributed by atoms with Gasteiger partial charge in [-0.1, -0.05) is 18.3 Å². The molecular formula is C19H30N6O2S. The average Bonchev–Trinajstić information content (AvgIpc) is 3.24. The number of nitrogens with zero attached hydrogens (tertiary/aromatic N) is 6. The SMILES string of the molecule is CCN1CCN(C(=O)C2CCN(c3nnc(N4CCCCC4=O)s3)CC2)CC1. The van der Waals surface area contributed by atoms with E-state index in [4.69, 9.17) is 0 Å². The molecule has 0 radical (unpaired) electrons. The third-order valence-electron chi connectivity index (χ3n) is 6.20. The second-order valence-electron chi connectivity index (χ2n) is 7.89. The van der Waals surface area contributed by atoms with Crippen molar-refractivity contribution in [3.8, 4) is 0 Å². The predicted octanol–water partition coefficient (Wildman–Crippen LogP) is 1.44. The van der Waals surface area contributed by atoms with Crippen LogP contribution >= 0.6 is 11.3 Å². The van der Waals surface area contributed by atoms with Crippen LogP contribution in [0, 0.1) is 5.92 Å². The van der Waals surface area contributed by atoms with Crippen molar-refractivity contribution in [2.75, 3.05) is 62.2 Å². The molecule has 4 rings (SSSR count).